The fourth-order valence-corrected chi connectivity index (χ4v) is 7.48. The highest BCUT2D eigenvalue weighted by atomic mass is 32.1. The molecule has 0 saturated carbocycles. The van der Waals surface area contributed by atoms with Gasteiger partial charge < -0.3 is 19.1 Å². The number of amides is 1. The molecular formula is C37H36F3N5O4S. The van der Waals surface area contributed by atoms with Gasteiger partial charge in [0, 0.05) is 66.6 Å². The first-order valence-electron chi connectivity index (χ1n) is 16.4. The lowest BCUT2D eigenvalue weighted by molar-refractivity contribution is -0.129. The van der Waals surface area contributed by atoms with E-state index in [1.807, 2.05) is 58.3 Å². The number of ether oxygens (including phenoxy) is 3. The van der Waals surface area contributed by atoms with Crippen LogP contribution in [-0.2, 0) is 16.1 Å². The highest BCUT2D eigenvalue weighted by Gasteiger charge is 2.31. The zero-order valence-corrected chi connectivity index (χ0v) is 28.5. The average molecular weight is 704 g/mol. The number of halogens is 3. The molecular weight excluding hydrogens is 667 g/mol. The summed E-state index contributed by atoms with van der Waals surface area (Å²) in [5, 5.41) is 7.60. The van der Waals surface area contributed by atoms with E-state index in [1.54, 1.807) is 4.90 Å². The zero-order valence-electron chi connectivity index (χ0n) is 27.7. The number of alkyl halides is 1. The summed E-state index contributed by atoms with van der Waals surface area (Å²) in [5.41, 5.74) is 3.58. The number of methoxy groups -OCH3 is 1. The smallest absolute Gasteiger partial charge is 0.246 e. The van der Waals surface area contributed by atoms with Crippen LogP contribution in [0.1, 0.15) is 18.7 Å². The molecule has 7 rings (SSSR count). The van der Waals surface area contributed by atoms with Crippen LogP contribution in [0.15, 0.2) is 66.6 Å². The van der Waals surface area contributed by atoms with Gasteiger partial charge in [-0.05, 0) is 54.8 Å². The van der Waals surface area contributed by atoms with Gasteiger partial charge in [-0.15, -0.1) is 11.3 Å². The van der Waals surface area contributed by atoms with Crippen LogP contribution in [0.25, 0.3) is 43.9 Å². The summed E-state index contributed by atoms with van der Waals surface area (Å²) in [4.78, 5) is 21.5. The Morgan fingerprint density at radius 3 is 2.56 bits per heavy atom. The minimum Gasteiger partial charge on any atom is -0.492 e. The van der Waals surface area contributed by atoms with Crippen LogP contribution in [0.3, 0.4) is 0 Å². The third-order valence-electron chi connectivity index (χ3n) is 9.10. The summed E-state index contributed by atoms with van der Waals surface area (Å²) in [7, 11) is 1.52. The van der Waals surface area contributed by atoms with Crippen molar-refractivity contribution in [2.45, 2.75) is 25.7 Å². The fourth-order valence-electron chi connectivity index (χ4n) is 6.53. The molecule has 50 heavy (non-hydrogen) atoms. The molecule has 5 heterocycles. The predicted molar refractivity (Wildman–Crippen MR) is 186 cm³/mol. The van der Waals surface area contributed by atoms with Gasteiger partial charge in [0.15, 0.2) is 0 Å². The van der Waals surface area contributed by atoms with Gasteiger partial charge in [0.25, 0.3) is 0 Å². The molecule has 13 heteroatoms. The first-order valence-corrected chi connectivity index (χ1v) is 17.3. The lowest BCUT2D eigenvalue weighted by atomic mass is 9.96. The number of rotatable bonds is 12. The lowest BCUT2D eigenvalue weighted by Crippen LogP contribution is -2.49. The first kappa shape index (κ1) is 33.8. The van der Waals surface area contributed by atoms with Gasteiger partial charge in [-0.3, -0.25) is 14.4 Å². The number of aromatic nitrogens is 3. The third kappa shape index (κ3) is 6.48. The molecule has 0 aliphatic carbocycles. The van der Waals surface area contributed by atoms with E-state index in [0.717, 1.165) is 27.4 Å². The number of likely N-dealkylation sites (tertiary alicyclic amines) is 1. The number of nitrogens with zero attached hydrogens (tertiary/aromatic N) is 5. The van der Waals surface area contributed by atoms with Crippen LogP contribution in [0.2, 0.25) is 0 Å². The van der Waals surface area contributed by atoms with Crippen molar-refractivity contribution in [1.82, 2.24) is 24.6 Å². The van der Waals surface area contributed by atoms with Gasteiger partial charge in [0.1, 0.15) is 53.9 Å². The van der Waals surface area contributed by atoms with E-state index < -0.39 is 17.8 Å². The van der Waals surface area contributed by atoms with E-state index in [4.69, 9.17) is 24.3 Å². The lowest BCUT2D eigenvalue weighted by Gasteiger charge is -2.33. The maximum absolute atomic E-state index is 16.1. The SMILES string of the molecule is C=CC(=O)N1CCn2nc(-c3nc(-c4ccc(OCCN5CC(F)C5)cc4)c4ccsc4c3-c3c(F)cc(F)cc3OCCOC)cc2C1C. The van der Waals surface area contributed by atoms with Crippen molar-refractivity contribution in [3.8, 4) is 45.3 Å². The maximum Gasteiger partial charge on any atom is 0.246 e. The molecule has 1 fully saturated rings. The van der Waals surface area contributed by atoms with Gasteiger partial charge in [-0.1, -0.05) is 6.58 Å². The number of benzene rings is 2. The van der Waals surface area contributed by atoms with Crippen molar-refractivity contribution in [1.29, 1.82) is 0 Å². The summed E-state index contributed by atoms with van der Waals surface area (Å²) in [5.74, 6) is -1.06. The summed E-state index contributed by atoms with van der Waals surface area (Å²) in [6.45, 7) is 8.73. The van der Waals surface area contributed by atoms with Gasteiger partial charge in [0.05, 0.1) is 36.1 Å². The second-order valence-corrected chi connectivity index (χ2v) is 13.2. The van der Waals surface area contributed by atoms with Crippen molar-refractivity contribution in [3.63, 3.8) is 0 Å². The van der Waals surface area contributed by atoms with Gasteiger partial charge in [-0.25, -0.2) is 18.2 Å². The van der Waals surface area contributed by atoms with Crippen molar-refractivity contribution >= 4 is 27.3 Å². The summed E-state index contributed by atoms with van der Waals surface area (Å²) < 4.78 is 63.4. The Balaban J connectivity index is 1.35. The van der Waals surface area contributed by atoms with E-state index in [2.05, 4.69) is 6.58 Å². The highest BCUT2D eigenvalue weighted by molar-refractivity contribution is 7.18. The quantitative estimate of drug-likeness (QED) is 0.103. The Morgan fingerprint density at radius 2 is 1.82 bits per heavy atom. The standard InChI is InChI=1S/C37H36F3N5O4S/c1-4-32(46)44-10-11-45-30(22(44)2)19-29(42-45)36-34(33-28(40)17-24(38)18-31(33)49-15-14-47-3)37-27(9-16-50-37)35(41-36)23-5-7-26(8-6-23)48-13-12-43-20-25(39)21-43/h4-9,16-19,22,25H,1,10-15,20-21H2,2-3H3. The molecule has 1 atom stereocenters. The van der Waals surface area contributed by atoms with Gasteiger partial charge >= 0.3 is 0 Å². The van der Waals surface area contributed by atoms with Gasteiger partial charge in [0.2, 0.25) is 5.91 Å². The Morgan fingerprint density at radius 1 is 1.02 bits per heavy atom. The molecule has 9 nitrogen and oxygen atoms in total. The third-order valence-corrected chi connectivity index (χ3v) is 10.0. The zero-order chi connectivity index (χ0) is 34.9. The molecule has 5 aromatic rings. The highest BCUT2D eigenvalue weighted by Crippen LogP contribution is 2.47. The van der Waals surface area contributed by atoms with Crippen LogP contribution in [0, 0.1) is 11.6 Å². The summed E-state index contributed by atoms with van der Waals surface area (Å²) >= 11 is 1.41. The van der Waals surface area contributed by atoms with Crippen molar-refractivity contribution in [3.05, 3.63) is 83.9 Å². The first-order chi connectivity index (χ1) is 24.2. The molecule has 3 aromatic heterocycles. The number of hydrogen-bond donors (Lipinski definition) is 0. The topological polar surface area (TPSA) is 82.0 Å². The summed E-state index contributed by atoms with van der Waals surface area (Å²) in [6.07, 6.45) is 0.541. The van der Waals surface area contributed by atoms with E-state index in [1.165, 1.54) is 30.6 Å². The minimum atomic E-state index is -0.801. The Hall–Kier alpha value is -4.72. The van der Waals surface area contributed by atoms with Crippen molar-refractivity contribution in [2.24, 2.45) is 0 Å². The Bertz CT molecular complexity index is 2040. The number of hydrogen-bond acceptors (Lipinski definition) is 8. The van der Waals surface area contributed by atoms with Crippen LogP contribution in [0.5, 0.6) is 11.5 Å². The number of carbonyl (C=O) groups excluding carboxylic acids is 1. The van der Waals surface area contributed by atoms with Crippen molar-refractivity contribution in [2.75, 3.05) is 53.1 Å². The average Bonchev–Trinajstić information content (AvgIpc) is 3.76. The van der Waals surface area contributed by atoms with E-state index in [9.17, 15) is 13.6 Å². The molecule has 1 amide bonds. The van der Waals surface area contributed by atoms with Crippen molar-refractivity contribution < 1.29 is 32.2 Å². The van der Waals surface area contributed by atoms with Crippen LogP contribution in [-0.4, -0.2) is 89.8 Å². The summed E-state index contributed by atoms with van der Waals surface area (Å²) in [6, 6.07) is 13.1. The molecule has 260 valence electrons. The largest absolute Gasteiger partial charge is 0.492 e. The Labute approximate surface area is 291 Å². The predicted octanol–water partition coefficient (Wildman–Crippen LogP) is 6.92. The number of thiophene rings is 1. The van der Waals surface area contributed by atoms with Crippen LogP contribution < -0.4 is 9.47 Å². The number of fused-ring (bicyclic) bond motifs is 2. The van der Waals surface area contributed by atoms with E-state index in [0.29, 0.717) is 67.7 Å². The van der Waals surface area contributed by atoms with Crippen LogP contribution in [0.4, 0.5) is 13.2 Å². The Kier molecular flexibility index (Phi) is 9.63. The molecule has 0 radical (unpaired) electrons. The normalized spacial score (nSPS) is 16.3. The van der Waals surface area contributed by atoms with Crippen LogP contribution >= 0.6 is 11.3 Å². The van der Waals surface area contributed by atoms with E-state index >= 15 is 4.39 Å². The fraction of sp³-hybridized carbons (Fsp3) is 0.324. The minimum absolute atomic E-state index is 0.0203. The molecule has 2 aliphatic rings. The second-order valence-electron chi connectivity index (χ2n) is 12.3. The number of carbonyl (C=O) groups is 1. The second kappa shape index (κ2) is 14.3. The molecule has 0 N–H and O–H groups in total. The molecule has 2 aromatic carbocycles. The van der Waals surface area contributed by atoms with E-state index in [-0.39, 0.29) is 36.5 Å². The molecule has 1 saturated heterocycles. The molecule has 1 unspecified atom stereocenters. The molecule has 2 aliphatic heterocycles. The van der Waals surface area contributed by atoms with Gasteiger partial charge in [-0.2, -0.15) is 5.10 Å². The molecule has 0 spiro atoms. The monoisotopic (exact) mass is 703 g/mol. The molecule has 0 bridgehead atoms. The number of pyridine rings is 1. The maximum atomic E-state index is 16.1.